The maximum atomic E-state index is 11.3. The molecule has 0 saturated heterocycles. The van der Waals surface area contributed by atoms with E-state index in [4.69, 9.17) is 10.2 Å². The van der Waals surface area contributed by atoms with Crippen LogP contribution >= 0.6 is 0 Å². The highest BCUT2D eigenvalue weighted by molar-refractivity contribution is 6.40. The van der Waals surface area contributed by atoms with Gasteiger partial charge < -0.3 is 10.2 Å². The average Bonchev–Trinajstić information content (AvgIpc) is 2.15. The summed E-state index contributed by atoms with van der Waals surface area (Å²) in [7, 11) is 0. The summed E-state index contributed by atoms with van der Waals surface area (Å²) in [6.07, 6.45) is 0. The molecule has 0 aromatic heterocycles. The lowest BCUT2D eigenvalue weighted by Gasteiger charge is -2.07. The number of carbonyl (C=O) groups excluding carboxylic acids is 1. The molecule has 0 bridgehead atoms. The highest BCUT2D eigenvalue weighted by Gasteiger charge is 2.20. The molecule has 0 aliphatic carbocycles. The Labute approximate surface area is 91.3 Å². The number of Topliss-reactive ketones (excluding diaryl/α,β-unsaturated/α-hetero) is 1. The molecule has 0 aliphatic rings. The van der Waals surface area contributed by atoms with Crippen LogP contribution in [-0.4, -0.2) is 27.9 Å². The molecule has 2 N–H and O–H groups in total. The molecule has 0 spiro atoms. The van der Waals surface area contributed by atoms with Crippen molar-refractivity contribution >= 4 is 17.7 Å². The molecule has 0 fully saturated rings. The summed E-state index contributed by atoms with van der Waals surface area (Å²) in [5, 5.41) is 17.4. The molecule has 1 aromatic carbocycles. The second-order valence-electron chi connectivity index (χ2n) is 3.42. The Kier molecular flexibility index (Phi) is 3.08. The molecule has 0 radical (unpaired) electrons. The Morgan fingerprint density at radius 1 is 1.00 bits per heavy atom. The van der Waals surface area contributed by atoms with Crippen molar-refractivity contribution in [3.05, 3.63) is 34.4 Å². The first-order valence-corrected chi connectivity index (χ1v) is 4.46. The normalized spacial score (nSPS) is 9.88. The zero-order chi connectivity index (χ0) is 12.5. The summed E-state index contributed by atoms with van der Waals surface area (Å²) in [4.78, 5) is 32.6. The van der Waals surface area contributed by atoms with Crippen molar-refractivity contribution in [2.45, 2.75) is 13.8 Å². The van der Waals surface area contributed by atoms with Crippen LogP contribution in [0.2, 0.25) is 0 Å². The summed E-state index contributed by atoms with van der Waals surface area (Å²) in [5.74, 6) is -3.68. The first-order valence-electron chi connectivity index (χ1n) is 4.46. The SMILES string of the molecule is Cc1cc(C(=O)O)cc(C)c1C(=O)C(=O)O. The Balaban J connectivity index is 3.39. The fraction of sp³-hybridized carbons (Fsp3) is 0.182. The van der Waals surface area contributed by atoms with E-state index in [1.165, 1.54) is 26.0 Å². The Morgan fingerprint density at radius 2 is 1.44 bits per heavy atom. The minimum absolute atomic E-state index is 0.0388. The molecule has 16 heavy (non-hydrogen) atoms. The number of carbonyl (C=O) groups is 3. The van der Waals surface area contributed by atoms with E-state index in [0.717, 1.165) is 0 Å². The number of aryl methyl sites for hydroxylation is 2. The molecule has 5 heteroatoms. The van der Waals surface area contributed by atoms with Gasteiger partial charge in [-0.05, 0) is 37.1 Å². The van der Waals surface area contributed by atoms with Gasteiger partial charge in [0, 0.05) is 5.56 Å². The predicted octanol–water partition coefficient (Wildman–Crippen LogP) is 1.27. The second kappa shape index (κ2) is 4.14. The number of aliphatic carboxylic acids is 1. The molecule has 0 aliphatic heterocycles. The van der Waals surface area contributed by atoms with E-state index in [0.29, 0.717) is 11.1 Å². The van der Waals surface area contributed by atoms with Crippen molar-refractivity contribution in [2.75, 3.05) is 0 Å². The molecular weight excluding hydrogens is 212 g/mol. The minimum atomic E-state index is -1.55. The van der Waals surface area contributed by atoms with Crippen molar-refractivity contribution in [3.8, 4) is 0 Å². The van der Waals surface area contributed by atoms with Gasteiger partial charge in [-0.3, -0.25) is 4.79 Å². The van der Waals surface area contributed by atoms with Gasteiger partial charge in [-0.25, -0.2) is 9.59 Å². The quantitative estimate of drug-likeness (QED) is 0.593. The molecule has 0 heterocycles. The summed E-state index contributed by atoms with van der Waals surface area (Å²) in [5.41, 5.74) is 0.795. The van der Waals surface area contributed by atoms with Crippen LogP contribution in [0.3, 0.4) is 0 Å². The van der Waals surface area contributed by atoms with Gasteiger partial charge in [0.25, 0.3) is 5.78 Å². The van der Waals surface area contributed by atoms with Gasteiger partial charge in [0.2, 0.25) is 0 Å². The second-order valence-corrected chi connectivity index (χ2v) is 3.42. The van der Waals surface area contributed by atoms with Crippen LogP contribution in [0.25, 0.3) is 0 Å². The van der Waals surface area contributed by atoms with Crippen LogP contribution in [0.1, 0.15) is 31.8 Å². The van der Waals surface area contributed by atoms with Crippen molar-refractivity contribution in [3.63, 3.8) is 0 Å². The van der Waals surface area contributed by atoms with Crippen LogP contribution in [0.4, 0.5) is 0 Å². The first-order chi connectivity index (χ1) is 7.34. The predicted molar refractivity (Wildman–Crippen MR) is 54.8 cm³/mol. The van der Waals surface area contributed by atoms with Gasteiger partial charge in [0.1, 0.15) is 0 Å². The Morgan fingerprint density at radius 3 is 1.75 bits per heavy atom. The van der Waals surface area contributed by atoms with Crippen LogP contribution in [0.15, 0.2) is 12.1 Å². The van der Waals surface area contributed by atoms with Gasteiger partial charge in [-0.15, -0.1) is 0 Å². The third kappa shape index (κ3) is 2.08. The highest BCUT2D eigenvalue weighted by atomic mass is 16.4. The smallest absolute Gasteiger partial charge is 0.377 e. The number of rotatable bonds is 3. The zero-order valence-corrected chi connectivity index (χ0v) is 8.77. The molecule has 0 atom stereocenters. The lowest BCUT2D eigenvalue weighted by atomic mass is 9.96. The van der Waals surface area contributed by atoms with Crippen LogP contribution < -0.4 is 0 Å². The van der Waals surface area contributed by atoms with E-state index in [9.17, 15) is 14.4 Å². The number of carboxylic acid groups (broad SMARTS) is 2. The van der Waals surface area contributed by atoms with E-state index in [1.54, 1.807) is 0 Å². The number of benzene rings is 1. The monoisotopic (exact) mass is 222 g/mol. The third-order valence-corrected chi connectivity index (χ3v) is 2.20. The summed E-state index contributed by atoms with van der Waals surface area (Å²) < 4.78 is 0. The van der Waals surface area contributed by atoms with E-state index < -0.39 is 17.7 Å². The van der Waals surface area contributed by atoms with Gasteiger partial charge in [-0.2, -0.15) is 0 Å². The summed E-state index contributed by atoms with van der Waals surface area (Å²) >= 11 is 0. The molecule has 0 amide bonds. The van der Waals surface area contributed by atoms with Crippen molar-refractivity contribution in [1.29, 1.82) is 0 Å². The minimum Gasteiger partial charge on any atom is -0.478 e. The molecular formula is C11H10O5. The molecule has 1 aromatic rings. The zero-order valence-electron chi connectivity index (χ0n) is 8.77. The molecule has 0 saturated carbocycles. The first kappa shape index (κ1) is 11.9. The standard InChI is InChI=1S/C11H10O5/c1-5-3-7(10(13)14)4-6(2)8(5)9(12)11(15)16/h3-4H,1-2H3,(H,13,14)(H,15,16). The van der Waals surface area contributed by atoms with Gasteiger partial charge in [0.15, 0.2) is 0 Å². The third-order valence-electron chi connectivity index (χ3n) is 2.20. The van der Waals surface area contributed by atoms with Gasteiger partial charge in [0.05, 0.1) is 5.56 Å². The van der Waals surface area contributed by atoms with E-state index in [2.05, 4.69) is 0 Å². The molecule has 0 unspecified atom stereocenters. The van der Waals surface area contributed by atoms with Crippen LogP contribution in [0.5, 0.6) is 0 Å². The van der Waals surface area contributed by atoms with Crippen LogP contribution in [0, 0.1) is 13.8 Å². The van der Waals surface area contributed by atoms with E-state index in [-0.39, 0.29) is 11.1 Å². The maximum Gasteiger partial charge on any atom is 0.377 e. The number of hydrogen-bond donors (Lipinski definition) is 2. The maximum absolute atomic E-state index is 11.3. The molecule has 84 valence electrons. The van der Waals surface area contributed by atoms with Gasteiger partial charge >= 0.3 is 11.9 Å². The lowest BCUT2D eigenvalue weighted by molar-refractivity contribution is -0.131. The average molecular weight is 222 g/mol. The Bertz CT molecular complexity index is 464. The van der Waals surface area contributed by atoms with E-state index in [1.807, 2.05) is 0 Å². The van der Waals surface area contributed by atoms with Crippen molar-refractivity contribution in [2.24, 2.45) is 0 Å². The summed E-state index contributed by atoms with van der Waals surface area (Å²) in [6, 6.07) is 2.57. The highest BCUT2D eigenvalue weighted by Crippen LogP contribution is 2.17. The number of ketones is 1. The lowest BCUT2D eigenvalue weighted by Crippen LogP contribution is -2.16. The topological polar surface area (TPSA) is 91.7 Å². The largest absolute Gasteiger partial charge is 0.478 e. The fourth-order valence-corrected chi connectivity index (χ4v) is 1.55. The van der Waals surface area contributed by atoms with Gasteiger partial charge in [-0.1, -0.05) is 0 Å². The fourth-order valence-electron chi connectivity index (χ4n) is 1.55. The summed E-state index contributed by atoms with van der Waals surface area (Å²) in [6.45, 7) is 3.02. The number of aromatic carboxylic acids is 1. The number of hydrogen-bond acceptors (Lipinski definition) is 3. The number of carboxylic acids is 2. The Hall–Kier alpha value is -2.17. The van der Waals surface area contributed by atoms with Crippen molar-refractivity contribution in [1.82, 2.24) is 0 Å². The molecule has 5 nitrogen and oxygen atoms in total. The van der Waals surface area contributed by atoms with E-state index >= 15 is 0 Å². The van der Waals surface area contributed by atoms with Crippen LogP contribution in [-0.2, 0) is 4.79 Å². The van der Waals surface area contributed by atoms with Crippen molar-refractivity contribution < 1.29 is 24.6 Å². The molecule has 1 rings (SSSR count).